The molecule has 82 valence electrons. The summed E-state index contributed by atoms with van der Waals surface area (Å²) in [5, 5.41) is 3.40. The van der Waals surface area contributed by atoms with E-state index < -0.39 is 0 Å². The minimum atomic E-state index is -0.120. The van der Waals surface area contributed by atoms with Crippen molar-refractivity contribution in [1.82, 2.24) is 4.98 Å². The maximum Gasteiger partial charge on any atom is 0.257 e. The number of hydrogen-bond donors (Lipinski definition) is 1. The van der Waals surface area contributed by atoms with Crippen molar-refractivity contribution < 1.29 is 4.79 Å². The normalized spacial score (nSPS) is 10.1. The van der Waals surface area contributed by atoms with Gasteiger partial charge in [-0.3, -0.25) is 10.1 Å². The van der Waals surface area contributed by atoms with Crippen molar-refractivity contribution in [3.8, 4) is 0 Å². The van der Waals surface area contributed by atoms with Gasteiger partial charge in [-0.1, -0.05) is 0 Å². The highest BCUT2D eigenvalue weighted by atomic mass is 127. The molecule has 0 fully saturated rings. The molecule has 16 heavy (non-hydrogen) atoms. The topological polar surface area (TPSA) is 42.0 Å². The Morgan fingerprint density at radius 3 is 2.62 bits per heavy atom. The number of anilines is 1. The van der Waals surface area contributed by atoms with E-state index in [1.54, 1.807) is 18.3 Å². The Bertz CT molecular complexity index is 507. The van der Waals surface area contributed by atoms with Gasteiger partial charge >= 0.3 is 0 Å². The first-order valence-electron chi connectivity index (χ1n) is 4.64. The monoisotopic (exact) mass is 344 g/mol. The molecule has 0 bridgehead atoms. The Kier molecular flexibility index (Phi) is 3.55. The van der Waals surface area contributed by atoms with Crippen LogP contribution in [0.1, 0.15) is 15.2 Å². The molecule has 0 spiro atoms. The number of hydrogen-bond acceptors (Lipinski definition) is 3. The van der Waals surface area contributed by atoms with Crippen LogP contribution in [0.15, 0.2) is 30.5 Å². The van der Waals surface area contributed by atoms with Crippen LogP contribution in [0, 0.1) is 10.5 Å². The van der Waals surface area contributed by atoms with E-state index in [-0.39, 0.29) is 5.91 Å². The summed E-state index contributed by atoms with van der Waals surface area (Å²) in [6, 6.07) is 7.42. The first-order chi connectivity index (χ1) is 7.65. The molecule has 5 heteroatoms. The highest BCUT2D eigenvalue weighted by Crippen LogP contribution is 2.17. The summed E-state index contributed by atoms with van der Waals surface area (Å²) in [4.78, 5) is 17.0. The van der Waals surface area contributed by atoms with Gasteiger partial charge in [0.25, 0.3) is 5.91 Å². The molecule has 0 aliphatic rings. The van der Waals surface area contributed by atoms with Gasteiger partial charge < -0.3 is 0 Å². The quantitative estimate of drug-likeness (QED) is 0.850. The number of amides is 1. The van der Waals surface area contributed by atoms with E-state index in [1.807, 2.05) is 19.1 Å². The average molecular weight is 344 g/mol. The van der Waals surface area contributed by atoms with Gasteiger partial charge in [-0.15, -0.1) is 11.3 Å². The van der Waals surface area contributed by atoms with Crippen molar-refractivity contribution in [2.24, 2.45) is 0 Å². The SMILES string of the molecule is Cc1cnc(NC(=O)c2ccc(I)cc2)s1. The first kappa shape index (κ1) is 11.5. The average Bonchev–Trinajstić information content (AvgIpc) is 2.65. The van der Waals surface area contributed by atoms with Gasteiger partial charge in [0, 0.05) is 20.2 Å². The van der Waals surface area contributed by atoms with Crippen LogP contribution in [0.4, 0.5) is 5.13 Å². The van der Waals surface area contributed by atoms with Crippen LogP contribution in [0.5, 0.6) is 0 Å². The Balaban J connectivity index is 2.11. The van der Waals surface area contributed by atoms with E-state index in [0.717, 1.165) is 8.45 Å². The molecule has 1 amide bonds. The summed E-state index contributed by atoms with van der Waals surface area (Å²) in [6.45, 7) is 1.96. The summed E-state index contributed by atoms with van der Waals surface area (Å²) in [7, 11) is 0. The number of rotatable bonds is 2. The fraction of sp³-hybridized carbons (Fsp3) is 0.0909. The van der Waals surface area contributed by atoms with Gasteiger partial charge in [0.05, 0.1) is 0 Å². The standard InChI is InChI=1S/C11H9IN2OS/c1-7-6-13-11(16-7)14-10(15)8-2-4-9(12)5-3-8/h2-6H,1H3,(H,13,14,15). The summed E-state index contributed by atoms with van der Waals surface area (Å²) in [5.74, 6) is -0.120. The van der Waals surface area contributed by atoms with Crippen LogP contribution in [0.3, 0.4) is 0 Å². The van der Waals surface area contributed by atoms with Gasteiger partial charge in [0.15, 0.2) is 5.13 Å². The lowest BCUT2D eigenvalue weighted by atomic mass is 10.2. The lowest BCUT2D eigenvalue weighted by Crippen LogP contribution is -2.11. The van der Waals surface area contributed by atoms with Gasteiger partial charge in [-0.25, -0.2) is 4.98 Å². The molecule has 2 aromatic rings. The molecule has 0 aliphatic carbocycles. The molecule has 0 saturated carbocycles. The molecule has 0 unspecified atom stereocenters. The number of nitrogens with one attached hydrogen (secondary N) is 1. The molecular weight excluding hydrogens is 335 g/mol. The fourth-order valence-electron chi connectivity index (χ4n) is 1.18. The molecule has 0 radical (unpaired) electrons. The molecule has 0 saturated heterocycles. The van der Waals surface area contributed by atoms with Gasteiger partial charge in [-0.2, -0.15) is 0 Å². The van der Waals surface area contributed by atoms with E-state index in [4.69, 9.17) is 0 Å². The smallest absolute Gasteiger partial charge is 0.257 e. The highest BCUT2D eigenvalue weighted by molar-refractivity contribution is 14.1. The summed E-state index contributed by atoms with van der Waals surface area (Å²) in [5.41, 5.74) is 0.647. The number of carbonyl (C=O) groups is 1. The zero-order valence-electron chi connectivity index (χ0n) is 8.53. The van der Waals surface area contributed by atoms with Crippen molar-refractivity contribution in [1.29, 1.82) is 0 Å². The van der Waals surface area contributed by atoms with Gasteiger partial charge in [0.2, 0.25) is 0 Å². The zero-order chi connectivity index (χ0) is 11.5. The van der Waals surface area contributed by atoms with E-state index in [2.05, 4.69) is 32.9 Å². The van der Waals surface area contributed by atoms with Gasteiger partial charge in [0.1, 0.15) is 0 Å². The molecule has 1 aromatic carbocycles. The van der Waals surface area contributed by atoms with Crippen molar-refractivity contribution in [2.45, 2.75) is 6.92 Å². The van der Waals surface area contributed by atoms with Crippen LogP contribution >= 0.6 is 33.9 Å². The maximum absolute atomic E-state index is 11.8. The zero-order valence-corrected chi connectivity index (χ0v) is 11.5. The van der Waals surface area contributed by atoms with E-state index in [9.17, 15) is 4.79 Å². The minimum Gasteiger partial charge on any atom is -0.298 e. The minimum absolute atomic E-state index is 0.120. The molecule has 0 aliphatic heterocycles. The molecular formula is C11H9IN2OS. The second-order valence-electron chi connectivity index (χ2n) is 3.24. The first-order valence-corrected chi connectivity index (χ1v) is 6.54. The van der Waals surface area contributed by atoms with Crippen LogP contribution < -0.4 is 5.32 Å². The molecule has 3 nitrogen and oxygen atoms in total. The number of aryl methyl sites for hydroxylation is 1. The van der Waals surface area contributed by atoms with E-state index in [1.165, 1.54) is 11.3 Å². The van der Waals surface area contributed by atoms with E-state index in [0.29, 0.717) is 10.7 Å². The van der Waals surface area contributed by atoms with Crippen LogP contribution in [-0.4, -0.2) is 10.9 Å². The number of carbonyl (C=O) groups excluding carboxylic acids is 1. The lowest BCUT2D eigenvalue weighted by Gasteiger charge is -2.01. The second kappa shape index (κ2) is 4.92. The second-order valence-corrected chi connectivity index (χ2v) is 5.72. The number of halogens is 1. The Morgan fingerprint density at radius 2 is 2.06 bits per heavy atom. The predicted octanol–water partition coefficient (Wildman–Crippen LogP) is 3.31. The number of benzene rings is 1. The third-order valence-electron chi connectivity index (χ3n) is 1.95. The third-order valence-corrected chi connectivity index (χ3v) is 3.50. The molecule has 2 rings (SSSR count). The number of thiazole rings is 1. The van der Waals surface area contributed by atoms with Crippen LogP contribution in [0.25, 0.3) is 0 Å². The fourth-order valence-corrected chi connectivity index (χ4v) is 2.20. The van der Waals surface area contributed by atoms with E-state index >= 15 is 0 Å². The molecule has 1 aromatic heterocycles. The Labute approximate surface area is 111 Å². The molecule has 0 atom stereocenters. The predicted molar refractivity (Wildman–Crippen MR) is 74.0 cm³/mol. The van der Waals surface area contributed by atoms with Crippen molar-refractivity contribution in [2.75, 3.05) is 5.32 Å². The molecule has 1 N–H and O–H groups in total. The molecule has 1 heterocycles. The van der Waals surface area contributed by atoms with Crippen LogP contribution in [0.2, 0.25) is 0 Å². The number of nitrogens with zero attached hydrogens (tertiary/aromatic N) is 1. The summed E-state index contributed by atoms with van der Waals surface area (Å²) >= 11 is 3.67. The van der Waals surface area contributed by atoms with Crippen molar-refractivity contribution in [3.63, 3.8) is 0 Å². The van der Waals surface area contributed by atoms with Gasteiger partial charge in [-0.05, 0) is 53.8 Å². The maximum atomic E-state index is 11.8. The third kappa shape index (κ3) is 2.79. The summed E-state index contributed by atoms with van der Waals surface area (Å²) < 4.78 is 1.11. The van der Waals surface area contributed by atoms with Crippen molar-refractivity contribution >= 4 is 45.0 Å². The largest absolute Gasteiger partial charge is 0.298 e. The Morgan fingerprint density at radius 1 is 1.38 bits per heavy atom. The number of aromatic nitrogens is 1. The lowest BCUT2D eigenvalue weighted by molar-refractivity contribution is 0.102. The van der Waals surface area contributed by atoms with Crippen molar-refractivity contribution in [3.05, 3.63) is 44.5 Å². The highest BCUT2D eigenvalue weighted by Gasteiger charge is 2.07. The summed E-state index contributed by atoms with van der Waals surface area (Å²) in [6.07, 6.45) is 1.74. The Hall–Kier alpha value is -0.950. The van der Waals surface area contributed by atoms with Crippen LogP contribution in [-0.2, 0) is 0 Å².